The number of pyridine rings is 1. The highest BCUT2D eigenvalue weighted by Crippen LogP contribution is 2.33. The zero-order valence-corrected chi connectivity index (χ0v) is 12.3. The quantitative estimate of drug-likeness (QED) is 0.788. The van der Waals surface area contributed by atoms with Crippen molar-refractivity contribution in [2.75, 3.05) is 39.5 Å². The fourth-order valence-corrected chi connectivity index (χ4v) is 3.35. The first kappa shape index (κ1) is 13.8. The van der Waals surface area contributed by atoms with Gasteiger partial charge in [-0.1, -0.05) is 0 Å². The molecule has 2 fully saturated rings. The third-order valence-electron chi connectivity index (χ3n) is 4.68. The highest BCUT2D eigenvalue weighted by molar-refractivity contribution is 5.93. The summed E-state index contributed by atoms with van der Waals surface area (Å²) in [6, 6.07) is 3.41. The third-order valence-corrected chi connectivity index (χ3v) is 4.68. The number of carbonyl (C=O) groups excluding carboxylic acids is 1. The Morgan fingerprint density at radius 1 is 1.32 bits per heavy atom. The van der Waals surface area contributed by atoms with E-state index in [1.165, 1.54) is 0 Å². The number of fused-ring (bicyclic) bond motifs is 2. The Labute approximate surface area is 128 Å². The first-order valence-corrected chi connectivity index (χ1v) is 7.58. The zero-order chi connectivity index (χ0) is 15.2. The van der Waals surface area contributed by atoms with Crippen LogP contribution < -0.4 is 15.2 Å². The smallest absolute Gasteiger partial charge is 0.272 e. The SMILES string of the molecule is N[C@@]12CCOC[C@@H]1CN(C(=O)c1ccc3c(n1)OCCO3)C2. The van der Waals surface area contributed by atoms with Crippen molar-refractivity contribution < 1.29 is 19.0 Å². The highest BCUT2D eigenvalue weighted by atomic mass is 16.6. The Morgan fingerprint density at radius 2 is 2.18 bits per heavy atom. The van der Waals surface area contributed by atoms with Crippen LogP contribution in [0.2, 0.25) is 0 Å². The van der Waals surface area contributed by atoms with Crippen LogP contribution >= 0.6 is 0 Å². The van der Waals surface area contributed by atoms with Gasteiger partial charge in [0.25, 0.3) is 11.8 Å². The second-order valence-electron chi connectivity index (χ2n) is 6.14. The molecule has 0 radical (unpaired) electrons. The molecule has 0 spiro atoms. The van der Waals surface area contributed by atoms with Crippen molar-refractivity contribution >= 4 is 5.91 Å². The predicted octanol–water partition coefficient (Wildman–Crippen LogP) is 0.0426. The molecule has 3 aliphatic rings. The van der Waals surface area contributed by atoms with Gasteiger partial charge in [-0.3, -0.25) is 4.79 Å². The Balaban J connectivity index is 1.55. The number of rotatable bonds is 1. The summed E-state index contributed by atoms with van der Waals surface area (Å²) in [6.07, 6.45) is 0.788. The number of aromatic nitrogens is 1. The van der Waals surface area contributed by atoms with Crippen molar-refractivity contribution in [3.63, 3.8) is 0 Å². The molecule has 4 heterocycles. The Kier molecular flexibility index (Phi) is 3.19. The summed E-state index contributed by atoms with van der Waals surface area (Å²) in [5.74, 6) is 1.06. The van der Waals surface area contributed by atoms with Crippen LogP contribution in [0.1, 0.15) is 16.9 Å². The number of ether oxygens (including phenoxy) is 3. The van der Waals surface area contributed by atoms with E-state index in [1.54, 1.807) is 17.0 Å². The lowest BCUT2D eigenvalue weighted by atomic mass is 9.84. The average molecular weight is 305 g/mol. The lowest BCUT2D eigenvalue weighted by Crippen LogP contribution is -2.52. The first-order chi connectivity index (χ1) is 10.7. The van der Waals surface area contributed by atoms with Crippen molar-refractivity contribution in [1.82, 2.24) is 9.88 Å². The lowest BCUT2D eigenvalue weighted by molar-refractivity contribution is 0.0241. The van der Waals surface area contributed by atoms with Gasteiger partial charge in [-0.05, 0) is 18.6 Å². The number of nitrogens with zero attached hydrogens (tertiary/aromatic N) is 2. The van der Waals surface area contributed by atoms with E-state index in [0.29, 0.717) is 56.8 Å². The van der Waals surface area contributed by atoms with Crippen molar-refractivity contribution in [3.8, 4) is 11.6 Å². The summed E-state index contributed by atoms with van der Waals surface area (Å²) < 4.78 is 16.4. The number of hydrogen-bond donors (Lipinski definition) is 1. The molecule has 2 N–H and O–H groups in total. The van der Waals surface area contributed by atoms with E-state index < -0.39 is 0 Å². The fraction of sp³-hybridized carbons (Fsp3) is 0.600. The van der Waals surface area contributed by atoms with E-state index >= 15 is 0 Å². The molecule has 1 aromatic heterocycles. The van der Waals surface area contributed by atoms with Gasteiger partial charge in [-0.2, -0.15) is 0 Å². The highest BCUT2D eigenvalue weighted by Gasteiger charge is 2.47. The molecule has 0 unspecified atom stereocenters. The number of amides is 1. The van der Waals surface area contributed by atoms with Gasteiger partial charge in [0.1, 0.15) is 18.9 Å². The minimum atomic E-state index is -0.332. The van der Waals surface area contributed by atoms with Crippen LogP contribution in [0.3, 0.4) is 0 Å². The monoisotopic (exact) mass is 305 g/mol. The van der Waals surface area contributed by atoms with Crippen LogP contribution in [-0.2, 0) is 4.74 Å². The Morgan fingerprint density at radius 3 is 3.05 bits per heavy atom. The third kappa shape index (κ3) is 2.21. The number of hydrogen-bond acceptors (Lipinski definition) is 6. The molecule has 3 aliphatic heterocycles. The lowest BCUT2D eigenvalue weighted by Gasteiger charge is -2.34. The van der Waals surface area contributed by atoms with Crippen LogP contribution in [0.5, 0.6) is 11.6 Å². The molecular weight excluding hydrogens is 286 g/mol. The van der Waals surface area contributed by atoms with Gasteiger partial charge in [-0.15, -0.1) is 0 Å². The maximum absolute atomic E-state index is 12.7. The summed E-state index contributed by atoms with van der Waals surface area (Å²) in [4.78, 5) is 18.8. The molecule has 2 saturated heterocycles. The second-order valence-corrected chi connectivity index (χ2v) is 6.14. The molecule has 7 heteroatoms. The van der Waals surface area contributed by atoms with E-state index in [0.717, 1.165) is 6.42 Å². The van der Waals surface area contributed by atoms with Crippen LogP contribution in [-0.4, -0.2) is 60.8 Å². The maximum Gasteiger partial charge on any atom is 0.272 e. The molecule has 0 bridgehead atoms. The van der Waals surface area contributed by atoms with Crippen molar-refractivity contribution in [1.29, 1.82) is 0 Å². The van der Waals surface area contributed by atoms with Crippen LogP contribution in [0.15, 0.2) is 12.1 Å². The molecule has 1 aromatic rings. The molecule has 118 valence electrons. The summed E-state index contributed by atoms with van der Waals surface area (Å²) in [7, 11) is 0. The minimum absolute atomic E-state index is 0.115. The molecule has 0 saturated carbocycles. The summed E-state index contributed by atoms with van der Waals surface area (Å²) in [5, 5.41) is 0. The zero-order valence-electron chi connectivity index (χ0n) is 12.3. The van der Waals surface area contributed by atoms with Crippen molar-refractivity contribution in [2.45, 2.75) is 12.0 Å². The van der Waals surface area contributed by atoms with Gasteiger partial charge in [0.2, 0.25) is 0 Å². The summed E-state index contributed by atoms with van der Waals surface area (Å²) in [6.45, 7) is 3.41. The van der Waals surface area contributed by atoms with Gasteiger partial charge in [0.15, 0.2) is 5.75 Å². The maximum atomic E-state index is 12.7. The van der Waals surface area contributed by atoms with Crippen molar-refractivity contribution in [3.05, 3.63) is 17.8 Å². The molecular formula is C15H19N3O4. The summed E-state index contributed by atoms with van der Waals surface area (Å²) in [5.41, 5.74) is 6.48. The van der Waals surface area contributed by atoms with E-state index in [4.69, 9.17) is 19.9 Å². The number of likely N-dealkylation sites (tertiary alicyclic amines) is 1. The van der Waals surface area contributed by atoms with Gasteiger partial charge in [-0.25, -0.2) is 4.98 Å². The van der Waals surface area contributed by atoms with E-state index in [2.05, 4.69) is 4.98 Å². The predicted molar refractivity (Wildman–Crippen MR) is 77.0 cm³/mol. The molecule has 4 rings (SSSR count). The molecule has 0 aromatic carbocycles. The van der Waals surface area contributed by atoms with E-state index in [1.807, 2.05) is 0 Å². The van der Waals surface area contributed by atoms with E-state index in [-0.39, 0.29) is 17.4 Å². The largest absolute Gasteiger partial charge is 0.484 e. The number of nitrogens with two attached hydrogens (primary N) is 1. The molecule has 1 amide bonds. The van der Waals surface area contributed by atoms with Gasteiger partial charge in [0.05, 0.1) is 6.61 Å². The molecule has 2 atom stereocenters. The van der Waals surface area contributed by atoms with Crippen LogP contribution in [0.25, 0.3) is 0 Å². The summed E-state index contributed by atoms with van der Waals surface area (Å²) >= 11 is 0. The van der Waals surface area contributed by atoms with E-state index in [9.17, 15) is 4.79 Å². The molecule has 0 aliphatic carbocycles. The standard InChI is InChI=1S/C15H19N3O4/c16-15-3-4-20-8-10(15)7-18(9-15)14(19)11-1-2-12-13(17-11)22-6-5-21-12/h1-2,10H,3-9,16H2/t10-,15+/m0/s1. The topological polar surface area (TPSA) is 86.9 Å². The average Bonchev–Trinajstić information content (AvgIpc) is 2.91. The van der Waals surface area contributed by atoms with Crippen LogP contribution in [0, 0.1) is 5.92 Å². The molecule has 7 nitrogen and oxygen atoms in total. The Hall–Kier alpha value is -1.86. The molecule has 22 heavy (non-hydrogen) atoms. The minimum Gasteiger partial charge on any atom is -0.484 e. The normalized spacial score (nSPS) is 30.0. The van der Waals surface area contributed by atoms with Crippen LogP contribution in [0.4, 0.5) is 0 Å². The van der Waals surface area contributed by atoms with Gasteiger partial charge in [0, 0.05) is 31.2 Å². The fourth-order valence-electron chi connectivity index (χ4n) is 3.35. The first-order valence-electron chi connectivity index (χ1n) is 7.58. The van der Waals surface area contributed by atoms with Crippen molar-refractivity contribution in [2.24, 2.45) is 11.7 Å². The number of carbonyl (C=O) groups is 1. The Bertz CT molecular complexity index is 608. The second kappa shape index (κ2) is 5.10. The van der Waals surface area contributed by atoms with Gasteiger partial charge >= 0.3 is 0 Å². The van der Waals surface area contributed by atoms with Gasteiger partial charge < -0.3 is 24.8 Å².